The Bertz CT molecular complexity index is 383. The molecule has 1 N–H and O–H groups in total. The molecule has 2 heterocycles. The number of rotatable bonds is 3. The number of amidine groups is 1. The summed E-state index contributed by atoms with van der Waals surface area (Å²) in [5.74, 6) is 2.22. The minimum Gasteiger partial charge on any atom is -0.378 e. The SMILES string of the molecule is O=C(CCN=C1NC2CCCC2CS1)N1CCOCC1. The standard InChI is InChI=1S/C14H23N3O2S/c18-13(17-6-8-19-9-7-17)4-5-15-14-16-12-3-1-2-11(12)10-20-14/h11-12H,1-10H2,(H,15,16). The third kappa shape index (κ3) is 3.47. The van der Waals surface area contributed by atoms with Crippen LogP contribution in [-0.4, -0.2) is 60.6 Å². The van der Waals surface area contributed by atoms with Crippen molar-refractivity contribution in [3.8, 4) is 0 Å². The number of hydrogen-bond acceptors (Lipinski definition) is 4. The largest absolute Gasteiger partial charge is 0.378 e. The van der Waals surface area contributed by atoms with Crippen LogP contribution in [0.3, 0.4) is 0 Å². The molecule has 3 fully saturated rings. The third-order valence-electron chi connectivity index (χ3n) is 4.35. The molecular formula is C14H23N3O2S. The lowest BCUT2D eigenvalue weighted by atomic mass is 10.1. The van der Waals surface area contributed by atoms with Gasteiger partial charge in [-0.2, -0.15) is 0 Å². The summed E-state index contributed by atoms with van der Waals surface area (Å²) in [6.07, 6.45) is 4.48. The van der Waals surface area contributed by atoms with Crippen LogP contribution in [0.15, 0.2) is 4.99 Å². The number of carbonyl (C=O) groups is 1. The minimum absolute atomic E-state index is 0.206. The molecule has 2 atom stereocenters. The molecule has 0 aromatic carbocycles. The van der Waals surface area contributed by atoms with Crippen molar-refractivity contribution in [3.05, 3.63) is 0 Å². The van der Waals surface area contributed by atoms with E-state index in [2.05, 4.69) is 10.3 Å². The maximum Gasteiger partial charge on any atom is 0.224 e. The fourth-order valence-electron chi connectivity index (χ4n) is 3.13. The van der Waals surface area contributed by atoms with Gasteiger partial charge >= 0.3 is 0 Å². The normalized spacial score (nSPS) is 32.0. The van der Waals surface area contributed by atoms with E-state index in [0.29, 0.717) is 32.2 Å². The van der Waals surface area contributed by atoms with Gasteiger partial charge in [0.25, 0.3) is 0 Å². The van der Waals surface area contributed by atoms with E-state index in [9.17, 15) is 4.79 Å². The molecule has 3 aliphatic rings. The van der Waals surface area contributed by atoms with Gasteiger partial charge in [0.1, 0.15) is 0 Å². The fraction of sp³-hybridized carbons (Fsp3) is 0.857. The number of nitrogens with one attached hydrogen (secondary N) is 1. The number of aliphatic imine (C=N–C) groups is 1. The van der Waals surface area contributed by atoms with Gasteiger partial charge in [0.2, 0.25) is 5.91 Å². The number of morpholine rings is 1. The van der Waals surface area contributed by atoms with E-state index in [-0.39, 0.29) is 5.91 Å². The molecule has 1 amide bonds. The quantitative estimate of drug-likeness (QED) is 0.847. The van der Waals surface area contributed by atoms with E-state index in [0.717, 1.165) is 24.2 Å². The van der Waals surface area contributed by atoms with E-state index < -0.39 is 0 Å². The Morgan fingerprint density at radius 2 is 2.25 bits per heavy atom. The average Bonchev–Trinajstić information content (AvgIpc) is 2.95. The van der Waals surface area contributed by atoms with E-state index in [4.69, 9.17) is 4.74 Å². The molecule has 0 aromatic rings. The van der Waals surface area contributed by atoms with Gasteiger partial charge in [0.05, 0.1) is 19.8 Å². The Kier molecular flexibility index (Phi) is 4.83. The third-order valence-corrected chi connectivity index (χ3v) is 5.46. The number of nitrogens with zero attached hydrogens (tertiary/aromatic N) is 2. The van der Waals surface area contributed by atoms with Crippen molar-refractivity contribution in [3.63, 3.8) is 0 Å². The zero-order valence-electron chi connectivity index (χ0n) is 11.8. The van der Waals surface area contributed by atoms with Crippen molar-refractivity contribution in [2.75, 3.05) is 38.6 Å². The first-order valence-corrected chi connectivity index (χ1v) is 8.61. The Morgan fingerprint density at radius 3 is 3.10 bits per heavy atom. The van der Waals surface area contributed by atoms with Crippen LogP contribution in [-0.2, 0) is 9.53 Å². The van der Waals surface area contributed by atoms with Crippen LogP contribution in [0.1, 0.15) is 25.7 Å². The highest BCUT2D eigenvalue weighted by Gasteiger charge is 2.31. The van der Waals surface area contributed by atoms with Crippen LogP contribution in [0.5, 0.6) is 0 Å². The number of amides is 1. The maximum absolute atomic E-state index is 12.0. The summed E-state index contributed by atoms with van der Waals surface area (Å²) in [4.78, 5) is 18.5. The summed E-state index contributed by atoms with van der Waals surface area (Å²) in [5.41, 5.74) is 0. The second kappa shape index (κ2) is 6.80. The van der Waals surface area contributed by atoms with Gasteiger partial charge < -0.3 is 15.0 Å². The smallest absolute Gasteiger partial charge is 0.224 e. The summed E-state index contributed by atoms with van der Waals surface area (Å²) in [5, 5.41) is 4.58. The van der Waals surface area contributed by atoms with Crippen molar-refractivity contribution in [1.29, 1.82) is 0 Å². The van der Waals surface area contributed by atoms with Gasteiger partial charge in [-0.25, -0.2) is 0 Å². The highest BCUT2D eigenvalue weighted by Crippen LogP contribution is 2.32. The maximum atomic E-state index is 12.0. The second-order valence-corrected chi connectivity index (χ2v) is 6.69. The molecule has 3 rings (SSSR count). The Labute approximate surface area is 124 Å². The van der Waals surface area contributed by atoms with Crippen LogP contribution in [0.2, 0.25) is 0 Å². The van der Waals surface area contributed by atoms with E-state index in [1.165, 1.54) is 25.0 Å². The van der Waals surface area contributed by atoms with Gasteiger partial charge in [-0.05, 0) is 18.8 Å². The molecule has 6 heteroatoms. The molecule has 1 saturated carbocycles. The van der Waals surface area contributed by atoms with Crippen LogP contribution in [0.25, 0.3) is 0 Å². The second-order valence-electron chi connectivity index (χ2n) is 5.68. The molecule has 2 saturated heterocycles. The zero-order valence-corrected chi connectivity index (χ0v) is 12.7. The van der Waals surface area contributed by atoms with Gasteiger partial charge in [-0.3, -0.25) is 9.79 Å². The van der Waals surface area contributed by atoms with Gasteiger partial charge in [-0.1, -0.05) is 18.2 Å². The van der Waals surface area contributed by atoms with E-state index >= 15 is 0 Å². The van der Waals surface area contributed by atoms with Crippen molar-refractivity contribution in [1.82, 2.24) is 10.2 Å². The summed E-state index contributed by atoms with van der Waals surface area (Å²) in [6, 6.07) is 0.630. The summed E-state index contributed by atoms with van der Waals surface area (Å²) < 4.78 is 5.25. The van der Waals surface area contributed by atoms with E-state index in [1.54, 1.807) is 0 Å². The molecular weight excluding hydrogens is 274 g/mol. The molecule has 2 unspecified atom stereocenters. The Morgan fingerprint density at radius 1 is 1.40 bits per heavy atom. The lowest BCUT2D eigenvalue weighted by Crippen LogP contribution is -2.42. The predicted octanol–water partition coefficient (Wildman–Crippen LogP) is 1.10. The lowest BCUT2D eigenvalue weighted by Gasteiger charge is -2.28. The van der Waals surface area contributed by atoms with Crippen LogP contribution < -0.4 is 5.32 Å². The number of hydrogen-bond donors (Lipinski definition) is 1. The molecule has 0 spiro atoms. The van der Waals surface area contributed by atoms with Crippen molar-refractivity contribution in [2.24, 2.45) is 10.9 Å². The molecule has 0 aromatic heterocycles. The molecule has 0 radical (unpaired) electrons. The van der Waals surface area contributed by atoms with Crippen LogP contribution in [0.4, 0.5) is 0 Å². The van der Waals surface area contributed by atoms with Crippen LogP contribution >= 0.6 is 11.8 Å². The first-order chi connectivity index (χ1) is 9.83. The minimum atomic E-state index is 0.206. The first kappa shape index (κ1) is 14.2. The number of thioether (sulfide) groups is 1. The molecule has 0 bridgehead atoms. The summed E-state index contributed by atoms with van der Waals surface area (Å²) >= 11 is 1.82. The predicted molar refractivity (Wildman–Crippen MR) is 81.0 cm³/mol. The molecule has 2 aliphatic heterocycles. The molecule has 20 heavy (non-hydrogen) atoms. The van der Waals surface area contributed by atoms with Crippen molar-refractivity contribution >= 4 is 22.8 Å². The number of carbonyl (C=O) groups excluding carboxylic acids is 1. The topological polar surface area (TPSA) is 53.9 Å². The lowest BCUT2D eigenvalue weighted by molar-refractivity contribution is -0.135. The summed E-state index contributed by atoms with van der Waals surface area (Å²) in [6.45, 7) is 3.39. The van der Waals surface area contributed by atoms with Gasteiger partial charge in [0, 0.05) is 31.3 Å². The Hall–Kier alpha value is -0.750. The van der Waals surface area contributed by atoms with Gasteiger partial charge in [0.15, 0.2) is 5.17 Å². The fourth-order valence-corrected chi connectivity index (χ4v) is 4.32. The van der Waals surface area contributed by atoms with E-state index in [1.807, 2.05) is 16.7 Å². The molecule has 1 aliphatic carbocycles. The molecule has 5 nitrogen and oxygen atoms in total. The number of ether oxygens (including phenoxy) is 1. The van der Waals surface area contributed by atoms with Crippen molar-refractivity contribution in [2.45, 2.75) is 31.7 Å². The van der Waals surface area contributed by atoms with Crippen LogP contribution in [0, 0.1) is 5.92 Å². The monoisotopic (exact) mass is 297 g/mol. The van der Waals surface area contributed by atoms with Gasteiger partial charge in [-0.15, -0.1) is 0 Å². The highest BCUT2D eigenvalue weighted by atomic mass is 32.2. The highest BCUT2D eigenvalue weighted by molar-refractivity contribution is 8.13. The first-order valence-electron chi connectivity index (χ1n) is 7.62. The molecule has 112 valence electrons. The summed E-state index contributed by atoms with van der Waals surface area (Å²) in [7, 11) is 0. The zero-order chi connectivity index (χ0) is 13.8. The Balaban J connectivity index is 1.42. The average molecular weight is 297 g/mol. The number of fused-ring (bicyclic) bond motifs is 1. The van der Waals surface area contributed by atoms with Crippen molar-refractivity contribution < 1.29 is 9.53 Å².